The Labute approximate surface area is 110 Å². The van der Waals surface area contributed by atoms with Crippen molar-refractivity contribution in [1.29, 1.82) is 0 Å². The molecule has 0 aliphatic carbocycles. The third kappa shape index (κ3) is 2.39. The number of thioether (sulfide) groups is 1. The first-order valence-corrected chi connectivity index (χ1v) is 7.16. The van der Waals surface area contributed by atoms with Crippen molar-refractivity contribution in [2.75, 3.05) is 12.8 Å². The number of hydrogen-bond acceptors (Lipinski definition) is 5. The van der Waals surface area contributed by atoms with Crippen molar-refractivity contribution in [3.8, 4) is 0 Å². The summed E-state index contributed by atoms with van der Waals surface area (Å²) in [4.78, 5) is 18.5. The lowest BCUT2D eigenvalue weighted by Gasteiger charge is -2.27. The number of nitrogens with one attached hydrogen (secondary N) is 1. The molecule has 0 bridgehead atoms. The van der Waals surface area contributed by atoms with Crippen molar-refractivity contribution in [2.45, 2.75) is 24.7 Å². The van der Waals surface area contributed by atoms with Crippen LogP contribution in [0, 0.1) is 0 Å². The van der Waals surface area contributed by atoms with E-state index in [-0.39, 0.29) is 0 Å². The Morgan fingerprint density at radius 2 is 2.39 bits per heavy atom. The van der Waals surface area contributed by atoms with E-state index in [0.717, 1.165) is 36.9 Å². The molecule has 0 atom stereocenters. The van der Waals surface area contributed by atoms with Crippen molar-refractivity contribution in [3.63, 3.8) is 0 Å². The van der Waals surface area contributed by atoms with E-state index >= 15 is 0 Å². The van der Waals surface area contributed by atoms with Crippen molar-refractivity contribution in [3.05, 3.63) is 35.7 Å². The van der Waals surface area contributed by atoms with E-state index in [0.29, 0.717) is 0 Å². The fourth-order valence-electron chi connectivity index (χ4n) is 2.20. The Balaban J connectivity index is 1.73. The van der Waals surface area contributed by atoms with Crippen molar-refractivity contribution < 1.29 is 0 Å². The molecule has 0 saturated carbocycles. The second kappa shape index (κ2) is 5.07. The molecular formula is C12H15N5S. The van der Waals surface area contributed by atoms with Crippen LogP contribution in [0.25, 0.3) is 0 Å². The molecule has 94 valence electrons. The summed E-state index contributed by atoms with van der Waals surface area (Å²) in [5.74, 6) is 0. The van der Waals surface area contributed by atoms with Gasteiger partial charge in [-0.25, -0.2) is 15.0 Å². The highest BCUT2D eigenvalue weighted by Crippen LogP contribution is 2.20. The van der Waals surface area contributed by atoms with Gasteiger partial charge in [-0.1, -0.05) is 11.8 Å². The standard InChI is InChI=1S/C12H15N5S/c1-18-12-14-4-9-6-17(3-2-11(9)16-12)7-10-5-13-8-15-10/h4-5,8H,2-3,6-7H2,1H3,(H,13,15). The maximum Gasteiger partial charge on any atom is 0.187 e. The van der Waals surface area contributed by atoms with Crippen molar-refractivity contribution >= 4 is 11.8 Å². The third-order valence-corrected chi connectivity index (χ3v) is 3.68. The third-order valence-electron chi connectivity index (χ3n) is 3.12. The lowest BCUT2D eigenvalue weighted by molar-refractivity contribution is 0.239. The second-order valence-corrected chi connectivity index (χ2v) is 5.14. The van der Waals surface area contributed by atoms with Gasteiger partial charge in [-0.05, 0) is 6.26 Å². The summed E-state index contributed by atoms with van der Waals surface area (Å²) in [5.41, 5.74) is 3.61. The largest absolute Gasteiger partial charge is 0.347 e. The predicted molar refractivity (Wildman–Crippen MR) is 70.2 cm³/mol. The summed E-state index contributed by atoms with van der Waals surface area (Å²) in [5, 5.41) is 0.871. The number of aromatic amines is 1. The smallest absolute Gasteiger partial charge is 0.187 e. The molecule has 3 rings (SSSR count). The van der Waals surface area contributed by atoms with E-state index in [1.165, 1.54) is 11.3 Å². The van der Waals surface area contributed by atoms with E-state index in [2.05, 4.69) is 24.8 Å². The molecule has 0 spiro atoms. The molecule has 18 heavy (non-hydrogen) atoms. The van der Waals surface area contributed by atoms with Gasteiger partial charge in [-0.15, -0.1) is 0 Å². The highest BCUT2D eigenvalue weighted by Gasteiger charge is 2.18. The predicted octanol–water partition coefficient (Wildman–Crippen LogP) is 1.48. The molecule has 1 aliphatic rings. The summed E-state index contributed by atoms with van der Waals surface area (Å²) in [6.07, 6.45) is 8.58. The summed E-state index contributed by atoms with van der Waals surface area (Å²) >= 11 is 1.60. The molecule has 3 heterocycles. The molecule has 0 amide bonds. The van der Waals surface area contributed by atoms with Gasteiger partial charge in [0.2, 0.25) is 0 Å². The molecule has 0 fully saturated rings. The number of rotatable bonds is 3. The molecule has 0 aromatic carbocycles. The van der Waals surface area contributed by atoms with E-state index in [9.17, 15) is 0 Å². The molecule has 5 nitrogen and oxygen atoms in total. The van der Waals surface area contributed by atoms with E-state index in [4.69, 9.17) is 0 Å². The molecule has 0 saturated heterocycles. The highest BCUT2D eigenvalue weighted by molar-refractivity contribution is 7.98. The van der Waals surface area contributed by atoms with E-state index in [1.54, 1.807) is 18.1 Å². The summed E-state index contributed by atoms with van der Waals surface area (Å²) < 4.78 is 0. The molecule has 6 heteroatoms. The first kappa shape index (κ1) is 11.7. The topological polar surface area (TPSA) is 57.7 Å². The second-order valence-electron chi connectivity index (χ2n) is 4.37. The number of hydrogen-bond donors (Lipinski definition) is 1. The van der Waals surface area contributed by atoms with E-state index < -0.39 is 0 Å². The van der Waals surface area contributed by atoms with Gasteiger partial charge in [-0.2, -0.15) is 0 Å². The lowest BCUT2D eigenvalue weighted by Crippen LogP contribution is -2.31. The van der Waals surface area contributed by atoms with Crippen LogP contribution in [0.4, 0.5) is 0 Å². The molecule has 2 aromatic heterocycles. The van der Waals surface area contributed by atoms with Crippen LogP contribution in [-0.2, 0) is 19.5 Å². The van der Waals surface area contributed by atoms with Crippen LogP contribution in [0.2, 0.25) is 0 Å². The Morgan fingerprint density at radius 1 is 1.44 bits per heavy atom. The van der Waals surface area contributed by atoms with Crippen LogP contribution in [0.3, 0.4) is 0 Å². The Morgan fingerprint density at radius 3 is 3.17 bits per heavy atom. The zero-order valence-electron chi connectivity index (χ0n) is 10.3. The Hall–Kier alpha value is -1.40. The molecule has 2 aromatic rings. The fraction of sp³-hybridized carbons (Fsp3) is 0.417. The highest BCUT2D eigenvalue weighted by atomic mass is 32.2. The van der Waals surface area contributed by atoms with Gasteiger partial charge in [0, 0.05) is 49.7 Å². The van der Waals surface area contributed by atoms with Crippen LogP contribution in [0.1, 0.15) is 17.0 Å². The van der Waals surface area contributed by atoms with Crippen LogP contribution in [0.15, 0.2) is 23.9 Å². The van der Waals surface area contributed by atoms with Gasteiger partial charge in [0.25, 0.3) is 0 Å². The summed E-state index contributed by atoms with van der Waals surface area (Å²) in [6, 6.07) is 0. The number of H-pyrrole nitrogens is 1. The number of imidazole rings is 1. The quantitative estimate of drug-likeness (QED) is 0.670. The first-order valence-electron chi connectivity index (χ1n) is 5.93. The Bertz CT molecular complexity index is 525. The SMILES string of the molecule is CSc1ncc2c(n1)CCN(Cc1cnc[nH]1)C2. The van der Waals surface area contributed by atoms with E-state index in [1.807, 2.05) is 18.6 Å². The number of aromatic nitrogens is 4. The summed E-state index contributed by atoms with van der Waals surface area (Å²) in [7, 11) is 0. The molecule has 1 N–H and O–H groups in total. The maximum atomic E-state index is 4.57. The monoisotopic (exact) mass is 261 g/mol. The minimum absolute atomic E-state index is 0.871. The van der Waals surface area contributed by atoms with Crippen LogP contribution < -0.4 is 0 Å². The van der Waals surface area contributed by atoms with Crippen molar-refractivity contribution in [2.24, 2.45) is 0 Å². The zero-order chi connectivity index (χ0) is 12.4. The minimum Gasteiger partial charge on any atom is -0.347 e. The van der Waals surface area contributed by atoms with Crippen molar-refractivity contribution in [1.82, 2.24) is 24.8 Å². The molecular weight excluding hydrogens is 246 g/mol. The molecule has 1 aliphatic heterocycles. The first-order chi connectivity index (χ1) is 8.85. The van der Waals surface area contributed by atoms with Gasteiger partial charge >= 0.3 is 0 Å². The van der Waals surface area contributed by atoms with Gasteiger partial charge in [0.1, 0.15) is 0 Å². The molecule has 0 unspecified atom stereocenters. The fourth-order valence-corrected chi connectivity index (χ4v) is 2.56. The zero-order valence-corrected chi connectivity index (χ0v) is 11.1. The Kier molecular flexibility index (Phi) is 3.29. The lowest BCUT2D eigenvalue weighted by atomic mass is 10.1. The number of fused-ring (bicyclic) bond motifs is 1. The maximum absolute atomic E-state index is 4.57. The normalized spacial score (nSPS) is 15.6. The van der Waals surface area contributed by atoms with Gasteiger partial charge in [0.05, 0.1) is 12.0 Å². The molecule has 0 radical (unpaired) electrons. The minimum atomic E-state index is 0.871. The average molecular weight is 261 g/mol. The summed E-state index contributed by atoms with van der Waals surface area (Å²) in [6.45, 7) is 2.86. The van der Waals surface area contributed by atoms with Gasteiger partial charge in [0.15, 0.2) is 5.16 Å². The van der Waals surface area contributed by atoms with Gasteiger partial charge in [-0.3, -0.25) is 4.90 Å². The number of nitrogens with zero attached hydrogens (tertiary/aromatic N) is 4. The van der Waals surface area contributed by atoms with Gasteiger partial charge < -0.3 is 4.98 Å². The van der Waals surface area contributed by atoms with Crippen LogP contribution >= 0.6 is 11.8 Å². The average Bonchev–Trinajstić information content (AvgIpc) is 2.91. The van der Waals surface area contributed by atoms with Crippen LogP contribution in [0.5, 0.6) is 0 Å². The van der Waals surface area contributed by atoms with Crippen LogP contribution in [-0.4, -0.2) is 37.6 Å².